The summed E-state index contributed by atoms with van der Waals surface area (Å²) in [7, 11) is -1.88. The van der Waals surface area contributed by atoms with E-state index in [2.05, 4.69) is 5.32 Å². The van der Waals surface area contributed by atoms with Crippen LogP contribution in [0.25, 0.3) is 0 Å². The summed E-state index contributed by atoms with van der Waals surface area (Å²) in [5, 5.41) is 3.06. The van der Waals surface area contributed by atoms with Crippen LogP contribution < -0.4 is 10.2 Å². The van der Waals surface area contributed by atoms with Gasteiger partial charge in [0.25, 0.3) is 0 Å². The molecule has 0 unspecified atom stereocenters. The number of para-hydroxylation sites is 1. The lowest BCUT2D eigenvalue weighted by Gasteiger charge is -2.31. The Hall–Kier alpha value is -1.60. The van der Waals surface area contributed by atoms with Crippen LogP contribution in [0, 0.1) is 5.92 Å². The number of carbonyl (C=O) groups is 1. The maximum absolute atomic E-state index is 12.8. The monoisotopic (exact) mass is 349 g/mol. The largest absolute Gasteiger partial charge is 0.354 e. The topological polar surface area (TPSA) is 69.7 Å². The molecule has 0 bridgehead atoms. The van der Waals surface area contributed by atoms with Crippen molar-refractivity contribution in [2.24, 2.45) is 5.92 Å². The molecular weight excluding hydrogens is 326 g/mol. The lowest BCUT2D eigenvalue weighted by Crippen LogP contribution is -2.48. The second kappa shape index (κ2) is 5.74. The third-order valence-corrected chi connectivity index (χ3v) is 7.24. The zero-order valence-electron chi connectivity index (χ0n) is 13.8. The first-order valence-corrected chi connectivity index (χ1v) is 10.0. The van der Waals surface area contributed by atoms with Crippen LogP contribution in [0.1, 0.15) is 25.7 Å². The van der Waals surface area contributed by atoms with E-state index in [4.69, 9.17) is 0 Å². The lowest BCUT2D eigenvalue weighted by molar-refractivity contribution is -0.122. The summed E-state index contributed by atoms with van der Waals surface area (Å²) in [5.74, 6) is 0.662. The molecule has 0 radical (unpaired) electrons. The number of hydrogen-bond acceptors (Lipinski definition) is 4. The molecule has 1 saturated carbocycles. The Labute approximate surface area is 142 Å². The quantitative estimate of drug-likeness (QED) is 0.890. The molecule has 7 heteroatoms. The first kappa shape index (κ1) is 15.9. The molecule has 2 atom stereocenters. The van der Waals surface area contributed by atoms with Gasteiger partial charge in [0.15, 0.2) is 0 Å². The minimum atomic E-state index is -3.50. The lowest BCUT2D eigenvalue weighted by atomic mass is 10.2. The first-order valence-electron chi connectivity index (χ1n) is 8.60. The minimum Gasteiger partial charge on any atom is -0.354 e. The van der Waals surface area contributed by atoms with Crippen LogP contribution in [0.15, 0.2) is 29.2 Å². The minimum absolute atomic E-state index is 0.0288. The number of hydrogen-bond donors (Lipinski definition) is 1. The molecule has 1 aliphatic carbocycles. The smallest absolute Gasteiger partial charge is 0.244 e. The maximum Gasteiger partial charge on any atom is 0.244 e. The van der Waals surface area contributed by atoms with Gasteiger partial charge in [-0.25, -0.2) is 8.42 Å². The molecule has 1 saturated heterocycles. The van der Waals surface area contributed by atoms with E-state index in [9.17, 15) is 13.2 Å². The number of benzene rings is 1. The van der Waals surface area contributed by atoms with Gasteiger partial charge >= 0.3 is 0 Å². The van der Waals surface area contributed by atoms with Crippen molar-refractivity contribution in [2.75, 3.05) is 25.0 Å². The fourth-order valence-electron chi connectivity index (χ4n) is 3.82. The molecule has 130 valence electrons. The van der Waals surface area contributed by atoms with Crippen molar-refractivity contribution >= 4 is 21.6 Å². The van der Waals surface area contributed by atoms with Gasteiger partial charge in [0.1, 0.15) is 10.9 Å². The van der Waals surface area contributed by atoms with Gasteiger partial charge in [-0.2, -0.15) is 4.31 Å². The standard InChI is InChI=1S/C17H23N3O3S/c1-19-11-13-8-9-15(17(21)18-10-12-6-7-12)20(13)14-4-2-3-5-16(14)24(19,22)23/h2-5,12-13,15H,6-11H2,1H3,(H,18,21)/t13-,15-/m0/s1. The molecule has 0 spiro atoms. The van der Waals surface area contributed by atoms with E-state index >= 15 is 0 Å². The Bertz CT molecular complexity index is 760. The third kappa shape index (κ3) is 2.59. The van der Waals surface area contributed by atoms with Crippen LogP contribution in [0.5, 0.6) is 0 Å². The average Bonchev–Trinajstić information content (AvgIpc) is 3.32. The molecule has 3 aliphatic rings. The summed E-state index contributed by atoms with van der Waals surface area (Å²) < 4.78 is 26.9. The molecule has 1 N–H and O–H groups in total. The summed E-state index contributed by atoms with van der Waals surface area (Å²) in [6.07, 6.45) is 3.99. The number of nitrogens with one attached hydrogen (secondary N) is 1. The highest BCUT2D eigenvalue weighted by atomic mass is 32.2. The van der Waals surface area contributed by atoms with Crippen molar-refractivity contribution in [2.45, 2.75) is 42.7 Å². The molecule has 0 aromatic heterocycles. The Morgan fingerprint density at radius 3 is 2.71 bits per heavy atom. The summed E-state index contributed by atoms with van der Waals surface area (Å²) in [6, 6.07) is 6.81. The van der Waals surface area contributed by atoms with E-state index < -0.39 is 10.0 Å². The molecule has 24 heavy (non-hydrogen) atoms. The van der Waals surface area contributed by atoms with Crippen LogP contribution >= 0.6 is 0 Å². The number of fused-ring (bicyclic) bond motifs is 3. The molecule has 1 amide bonds. The summed E-state index contributed by atoms with van der Waals surface area (Å²) in [5.41, 5.74) is 0.663. The van der Waals surface area contributed by atoms with E-state index in [1.807, 2.05) is 17.0 Å². The Balaban J connectivity index is 1.69. The zero-order chi connectivity index (χ0) is 16.9. The maximum atomic E-state index is 12.8. The Morgan fingerprint density at radius 2 is 1.96 bits per heavy atom. The van der Waals surface area contributed by atoms with E-state index in [1.165, 1.54) is 17.1 Å². The number of rotatable bonds is 3. The molecule has 1 aromatic rings. The van der Waals surface area contributed by atoms with Crippen molar-refractivity contribution in [1.82, 2.24) is 9.62 Å². The van der Waals surface area contributed by atoms with Crippen LogP contribution in [-0.2, 0) is 14.8 Å². The van der Waals surface area contributed by atoms with Gasteiger partial charge in [-0.15, -0.1) is 0 Å². The molecule has 2 aliphatic heterocycles. The van der Waals surface area contributed by atoms with Crippen molar-refractivity contribution in [3.8, 4) is 0 Å². The molecule has 2 fully saturated rings. The second-order valence-electron chi connectivity index (χ2n) is 7.10. The summed E-state index contributed by atoms with van der Waals surface area (Å²) in [4.78, 5) is 15.0. The third-order valence-electron chi connectivity index (χ3n) is 5.37. The van der Waals surface area contributed by atoms with Gasteiger partial charge < -0.3 is 10.2 Å². The molecule has 2 heterocycles. The number of carbonyl (C=O) groups excluding carboxylic acids is 1. The first-order chi connectivity index (χ1) is 11.5. The highest BCUT2D eigenvalue weighted by Crippen LogP contribution is 2.39. The Morgan fingerprint density at radius 1 is 1.21 bits per heavy atom. The van der Waals surface area contributed by atoms with Crippen LogP contribution in [-0.4, -0.2) is 50.9 Å². The SMILES string of the molecule is CN1C[C@@H]2CC[C@@H](C(=O)NCC3CC3)N2c2ccccc2S1(=O)=O. The predicted molar refractivity (Wildman–Crippen MR) is 91.3 cm³/mol. The van der Waals surface area contributed by atoms with E-state index in [1.54, 1.807) is 19.2 Å². The highest BCUT2D eigenvalue weighted by molar-refractivity contribution is 7.89. The number of sulfonamides is 1. The molecular formula is C17H23N3O3S. The fraction of sp³-hybridized carbons (Fsp3) is 0.588. The normalized spacial score (nSPS) is 28.8. The van der Waals surface area contributed by atoms with Crippen molar-refractivity contribution in [3.63, 3.8) is 0 Å². The van der Waals surface area contributed by atoms with Gasteiger partial charge in [-0.05, 0) is 43.7 Å². The number of amides is 1. The fourth-order valence-corrected chi connectivity index (χ4v) is 5.21. The van der Waals surface area contributed by atoms with Gasteiger partial charge in [-0.1, -0.05) is 12.1 Å². The van der Waals surface area contributed by atoms with Gasteiger partial charge in [-0.3, -0.25) is 4.79 Å². The summed E-state index contributed by atoms with van der Waals surface area (Å²) >= 11 is 0. The van der Waals surface area contributed by atoms with Crippen LogP contribution in [0.4, 0.5) is 5.69 Å². The zero-order valence-corrected chi connectivity index (χ0v) is 14.6. The highest BCUT2D eigenvalue weighted by Gasteiger charge is 2.44. The van der Waals surface area contributed by atoms with Gasteiger partial charge in [0.05, 0.1) is 5.69 Å². The van der Waals surface area contributed by atoms with E-state index in [0.717, 1.165) is 19.4 Å². The number of likely N-dealkylation sites (N-methyl/N-ethyl adjacent to an activating group) is 1. The van der Waals surface area contributed by atoms with Crippen LogP contribution in [0.3, 0.4) is 0 Å². The van der Waals surface area contributed by atoms with Crippen molar-refractivity contribution in [1.29, 1.82) is 0 Å². The average molecular weight is 349 g/mol. The Kier molecular flexibility index (Phi) is 3.80. The van der Waals surface area contributed by atoms with Gasteiger partial charge in [0, 0.05) is 26.2 Å². The van der Waals surface area contributed by atoms with Crippen LogP contribution in [0.2, 0.25) is 0 Å². The van der Waals surface area contributed by atoms with Crippen molar-refractivity contribution < 1.29 is 13.2 Å². The summed E-state index contributed by atoms with van der Waals surface area (Å²) in [6.45, 7) is 1.16. The number of anilines is 1. The van der Waals surface area contributed by atoms with E-state index in [-0.39, 0.29) is 18.0 Å². The van der Waals surface area contributed by atoms with Gasteiger partial charge in [0.2, 0.25) is 15.9 Å². The predicted octanol–water partition coefficient (Wildman–Crippen LogP) is 1.18. The van der Waals surface area contributed by atoms with Crippen molar-refractivity contribution in [3.05, 3.63) is 24.3 Å². The second-order valence-corrected chi connectivity index (χ2v) is 9.11. The molecule has 1 aromatic carbocycles. The molecule has 4 rings (SSSR count). The molecule has 6 nitrogen and oxygen atoms in total. The number of nitrogens with zero attached hydrogens (tertiary/aromatic N) is 2. The van der Waals surface area contributed by atoms with E-state index in [0.29, 0.717) is 23.0 Å².